The summed E-state index contributed by atoms with van der Waals surface area (Å²) in [5.41, 5.74) is 3.09. The molecule has 156 valence electrons. The molecule has 3 heterocycles. The summed E-state index contributed by atoms with van der Waals surface area (Å²) in [4.78, 5) is 12.3. The average Bonchev–Trinajstić information content (AvgIpc) is 3.44. The Bertz CT molecular complexity index is 1380. The molecule has 1 aliphatic rings. The minimum Gasteiger partial charge on any atom is -0.381 e. The van der Waals surface area contributed by atoms with Crippen molar-refractivity contribution in [2.75, 3.05) is 11.1 Å². The third-order valence-corrected chi connectivity index (χ3v) is 8.30. The second-order valence-electron chi connectivity index (χ2n) is 7.72. The van der Waals surface area contributed by atoms with Crippen LogP contribution in [0.1, 0.15) is 18.4 Å². The summed E-state index contributed by atoms with van der Waals surface area (Å²) in [5.74, 6) is 0.176. The highest BCUT2D eigenvalue weighted by Crippen LogP contribution is 2.39. The van der Waals surface area contributed by atoms with Crippen LogP contribution >= 0.6 is 11.3 Å². The van der Waals surface area contributed by atoms with Gasteiger partial charge in [0.1, 0.15) is 10.7 Å². The van der Waals surface area contributed by atoms with Crippen LogP contribution in [0.2, 0.25) is 0 Å². The number of fused-ring (bicyclic) bond motifs is 1. The number of thiazole rings is 1. The highest BCUT2D eigenvalue weighted by Gasteiger charge is 2.34. The Kier molecular flexibility index (Phi) is 4.96. The van der Waals surface area contributed by atoms with Gasteiger partial charge in [-0.1, -0.05) is 6.07 Å². The fourth-order valence-corrected chi connectivity index (χ4v) is 6.37. The standard InChI is InChI=1S/C22H19N5O2S2/c23-11-14-2-1-3-17(10-14)31(28,29)13-15-8-16(9-15)27-20-18-4-5-24-21(18)26-12-19(20)22-25-6-7-30-22/h1-7,10,12,15-16H,8-9,13H2,(H2,24,26,27). The number of benzene rings is 1. The number of sulfone groups is 1. The first kappa shape index (κ1) is 19.7. The number of aromatic nitrogens is 3. The van der Waals surface area contributed by atoms with E-state index in [4.69, 9.17) is 5.26 Å². The van der Waals surface area contributed by atoms with Crippen LogP contribution < -0.4 is 5.32 Å². The first-order valence-corrected chi connectivity index (χ1v) is 12.4. The van der Waals surface area contributed by atoms with Crippen molar-refractivity contribution in [2.24, 2.45) is 5.92 Å². The molecule has 9 heteroatoms. The topological polar surface area (TPSA) is 112 Å². The Morgan fingerprint density at radius 2 is 2.13 bits per heavy atom. The van der Waals surface area contributed by atoms with E-state index in [0.717, 1.165) is 40.1 Å². The first-order valence-electron chi connectivity index (χ1n) is 9.89. The lowest BCUT2D eigenvalue weighted by Gasteiger charge is -2.36. The maximum Gasteiger partial charge on any atom is 0.178 e. The molecule has 2 N–H and O–H groups in total. The van der Waals surface area contributed by atoms with Gasteiger partial charge in [0, 0.05) is 35.4 Å². The van der Waals surface area contributed by atoms with Crippen LogP contribution in [0, 0.1) is 17.2 Å². The Balaban J connectivity index is 1.31. The number of hydrogen-bond donors (Lipinski definition) is 2. The van der Waals surface area contributed by atoms with Crippen LogP contribution in [0.25, 0.3) is 21.6 Å². The highest BCUT2D eigenvalue weighted by molar-refractivity contribution is 7.91. The summed E-state index contributed by atoms with van der Waals surface area (Å²) in [7, 11) is -3.42. The van der Waals surface area contributed by atoms with Gasteiger partial charge in [-0.15, -0.1) is 11.3 Å². The van der Waals surface area contributed by atoms with E-state index < -0.39 is 9.84 Å². The molecule has 0 amide bonds. The Morgan fingerprint density at radius 3 is 2.90 bits per heavy atom. The molecule has 0 unspecified atom stereocenters. The zero-order valence-electron chi connectivity index (χ0n) is 16.4. The molecule has 0 atom stereocenters. The Labute approximate surface area is 183 Å². The molecular formula is C22H19N5O2S2. The van der Waals surface area contributed by atoms with Crippen molar-refractivity contribution >= 4 is 37.9 Å². The molecule has 0 saturated heterocycles. The van der Waals surface area contributed by atoms with Crippen molar-refractivity contribution in [1.82, 2.24) is 15.0 Å². The molecule has 1 aromatic carbocycles. The van der Waals surface area contributed by atoms with Gasteiger partial charge < -0.3 is 10.3 Å². The van der Waals surface area contributed by atoms with Gasteiger partial charge in [-0.3, -0.25) is 0 Å². The van der Waals surface area contributed by atoms with Crippen LogP contribution in [0.4, 0.5) is 5.69 Å². The third-order valence-electron chi connectivity index (χ3n) is 5.61. The quantitative estimate of drug-likeness (QED) is 0.456. The van der Waals surface area contributed by atoms with Crippen LogP contribution in [0.5, 0.6) is 0 Å². The van der Waals surface area contributed by atoms with Gasteiger partial charge in [-0.2, -0.15) is 5.26 Å². The molecule has 3 aromatic heterocycles. The number of nitriles is 1. The summed E-state index contributed by atoms with van der Waals surface area (Å²) in [6.45, 7) is 0. The lowest BCUT2D eigenvalue weighted by atomic mass is 9.81. The van der Waals surface area contributed by atoms with Crippen molar-refractivity contribution < 1.29 is 8.42 Å². The van der Waals surface area contributed by atoms with Gasteiger partial charge in [0.15, 0.2) is 9.84 Å². The molecular weight excluding hydrogens is 430 g/mol. The van der Waals surface area contributed by atoms with Gasteiger partial charge in [0.25, 0.3) is 0 Å². The molecule has 0 radical (unpaired) electrons. The largest absolute Gasteiger partial charge is 0.381 e. The zero-order valence-corrected chi connectivity index (χ0v) is 18.1. The van der Waals surface area contributed by atoms with E-state index in [1.165, 1.54) is 6.07 Å². The minimum atomic E-state index is -3.42. The van der Waals surface area contributed by atoms with E-state index >= 15 is 0 Å². The molecule has 1 saturated carbocycles. The minimum absolute atomic E-state index is 0.0834. The molecule has 7 nitrogen and oxygen atoms in total. The summed E-state index contributed by atoms with van der Waals surface area (Å²) in [6, 6.07) is 10.4. The molecule has 1 aliphatic carbocycles. The van der Waals surface area contributed by atoms with E-state index in [0.29, 0.717) is 5.56 Å². The Hall–Kier alpha value is -3.22. The van der Waals surface area contributed by atoms with E-state index in [1.807, 2.05) is 29.9 Å². The summed E-state index contributed by atoms with van der Waals surface area (Å²) in [5, 5.41) is 16.5. The van der Waals surface area contributed by atoms with E-state index in [1.54, 1.807) is 35.7 Å². The average molecular weight is 450 g/mol. The number of pyridine rings is 1. The Morgan fingerprint density at radius 1 is 1.26 bits per heavy atom. The summed E-state index contributed by atoms with van der Waals surface area (Å²) in [6.07, 6.45) is 6.99. The van der Waals surface area contributed by atoms with Crippen LogP contribution in [0.3, 0.4) is 0 Å². The van der Waals surface area contributed by atoms with Gasteiger partial charge in [0.05, 0.1) is 33.5 Å². The summed E-state index contributed by atoms with van der Waals surface area (Å²) < 4.78 is 25.5. The van der Waals surface area contributed by atoms with Gasteiger partial charge >= 0.3 is 0 Å². The lowest BCUT2D eigenvalue weighted by Crippen LogP contribution is -2.39. The number of hydrogen-bond acceptors (Lipinski definition) is 7. The fraction of sp³-hybridized carbons (Fsp3) is 0.227. The molecule has 1 fully saturated rings. The van der Waals surface area contributed by atoms with Crippen LogP contribution in [-0.4, -0.2) is 35.2 Å². The van der Waals surface area contributed by atoms with Crippen LogP contribution in [-0.2, 0) is 9.84 Å². The normalized spacial score (nSPS) is 18.4. The van der Waals surface area contributed by atoms with Crippen molar-refractivity contribution in [3.63, 3.8) is 0 Å². The SMILES string of the molecule is N#Cc1cccc(S(=O)(=O)CC2CC(Nc3c(-c4nccs4)cnc4[nH]ccc34)C2)c1. The van der Waals surface area contributed by atoms with Crippen LogP contribution in [0.15, 0.2) is 59.2 Å². The number of rotatable bonds is 6. The van der Waals surface area contributed by atoms with Gasteiger partial charge in [0.2, 0.25) is 0 Å². The van der Waals surface area contributed by atoms with Gasteiger partial charge in [-0.25, -0.2) is 18.4 Å². The van der Waals surface area contributed by atoms with E-state index in [-0.39, 0.29) is 22.6 Å². The highest BCUT2D eigenvalue weighted by atomic mass is 32.2. The number of aromatic amines is 1. The maximum atomic E-state index is 12.8. The monoisotopic (exact) mass is 449 g/mol. The molecule has 0 spiro atoms. The fourth-order valence-electron chi connectivity index (χ4n) is 4.04. The smallest absolute Gasteiger partial charge is 0.178 e. The second-order valence-corrected chi connectivity index (χ2v) is 10.7. The predicted octanol–water partition coefficient (Wildman–Crippen LogP) is 4.22. The number of nitrogens with zero attached hydrogens (tertiary/aromatic N) is 3. The van der Waals surface area contributed by atoms with E-state index in [9.17, 15) is 8.42 Å². The predicted molar refractivity (Wildman–Crippen MR) is 121 cm³/mol. The molecule has 0 bridgehead atoms. The third kappa shape index (κ3) is 3.80. The molecule has 0 aliphatic heterocycles. The first-order chi connectivity index (χ1) is 15.0. The number of anilines is 1. The van der Waals surface area contributed by atoms with Crippen molar-refractivity contribution in [1.29, 1.82) is 5.26 Å². The zero-order chi connectivity index (χ0) is 21.4. The van der Waals surface area contributed by atoms with Crippen molar-refractivity contribution in [3.8, 4) is 16.6 Å². The molecule has 31 heavy (non-hydrogen) atoms. The molecule has 4 aromatic rings. The molecule has 5 rings (SSSR count). The lowest BCUT2D eigenvalue weighted by molar-refractivity contribution is 0.311. The number of H-pyrrole nitrogens is 1. The second kappa shape index (κ2) is 7.80. The number of nitrogens with one attached hydrogen (secondary N) is 2. The van der Waals surface area contributed by atoms with Gasteiger partial charge in [-0.05, 0) is 43.0 Å². The summed E-state index contributed by atoms with van der Waals surface area (Å²) >= 11 is 1.56. The van der Waals surface area contributed by atoms with Crippen molar-refractivity contribution in [2.45, 2.75) is 23.8 Å². The van der Waals surface area contributed by atoms with E-state index in [2.05, 4.69) is 20.3 Å². The maximum absolute atomic E-state index is 12.8. The van der Waals surface area contributed by atoms with Crippen molar-refractivity contribution in [3.05, 3.63) is 59.9 Å².